The average molecular weight is 375 g/mol. The van der Waals surface area contributed by atoms with E-state index in [1.807, 2.05) is 19.9 Å². The molecule has 5 nitrogen and oxygen atoms in total. The van der Waals surface area contributed by atoms with E-state index in [1.165, 1.54) is 30.5 Å². The number of benzene rings is 1. The van der Waals surface area contributed by atoms with E-state index >= 15 is 0 Å². The molecule has 0 aliphatic rings. The van der Waals surface area contributed by atoms with Crippen molar-refractivity contribution in [1.29, 1.82) is 0 Å². The third-order valence-electron chi connectivity index (χ3n) is 3.89. The second-order valence-electron chi connectivity index (χ2n) is 5.98. The molecule has 0 atom stereocenters. The Morgan fingerprint density at radius 3 is 2.48 bits per heavy atom. The third kappa shape index (κ3) is 4.16. The molecule has 140 valence electrons. The summed E-state index contributed by atoms with van der Waals surface area (Å²) in [6.45, 7) is 3.25. The Morgan fingerprint density at radius 2 is 1.89 bits per heavy atom. The van der Waals surface area contributed by atoms with Crippen molar-refractivity contribution in [2.24, 2.45) is 0 Å². The second kappa shape index (κ2) is 7.22. The Balaban J connectivity index is 1.72. The summed E-state index contributed by atoms with van der Waals surface area (Å²) in [6, 6.07) is 9.96. The number of esters is 1. The van der Waals surface area contributed by atoms with Crippen molar-refractivity contribution in [3.8, 4) is 5.82 Å². The number of aromatic nitrogens is 3. The molecule has 0 fully saturated rings. The highest BCUT2D eigenvalue weighted by Gasteiger charge is 2.33. The SMILES string of the molecule is Cc1cc(C)n(-c2ccc(C(=O)OCc3ccccc3C(F)(F)F)cn2)n1. The summed E-state index contributed by atoms with van der Waals surface area (Å²) in [5, 5.41) is 4.30. The van der Waals surface area contributed by atoms with Crippen LogP contribution in [0.5, 0.6) is 0 Å². The van der Waals surface area contributed by atoms with Crippen LogP contribution in [0.25, 0.3) is 5.82 Å². The molecule has 2 heterocycles. The molecule has 3 rings (SSSR count). The molecular formula is C19H16F3N3O2. The molecule has 0 saturated carbocycles. The molecule has 0 unspecified atom stereocenters. The van der Waals surface area contributed by atoms with Gasteiger partial charge in [-0.15, -0.1) is 0 Å². The minimum atomic E-state index is -4.51. The first kappa shape index (κ1) is 18.6. The number of rotatable bonds is 4. The van der Waals surface area contributed by atoms with Crippen LogP contribution in [-0.2, 0) is 17.5 Å². The van der Waals surface area contributed by atoms with Gasteiger partial charge in [0, 0.05) is 17.5 Å². The van der Waals surface area contributed by atoms with E-state index in [9.17, 15) is 18.0 Å². The van der Waals surface area contributed by atoms with Gasteiger partial charge in [-0.3, -0.25) is 0 Å². The predicted octanol–water partition coefficient (Wildman–Crippen LogP) is 4.26. The maximum atomic E-state index is 13.0. The van der Waals surface area contributed by atoms with Crippen molar-refractivity contribution >= 4 is 5.97 Å². The number of aryl methyl sites for hydroxylation is 2. The summed E-state index contributed by atoms with van der Waals surface area (Å²) in [7, 11) is 0. The van der Waals surface area contributed by atoms with Crippen molar-refractivity contribution in [3.05, 3.63) is 76.7 Å². The number of ether oxygens (including phenoxy) is 1. The lowest BCUT2D eigenvalue weighted by Gasteiger charge is -2.12. The normalized spacial score (nSPS) is 11.4. The maximum Gasteiger partial charge on any atom is 0.416 e. The molecule has 3 aromatic rings. The number of halogens is 3. The number of hydrogen-bond acceptors (Lipinski definition) is 4. The van der Waals surface area contributed by atoms with Crippen LogP contribution in [0.1, 0.15) is 32.9 Å². The highest BCUT2D eigenvalue weighted by molar-refractivity contribution is 5.89. The Morgan fingerprint density at radius 1 is 1.15 bits per heavy atom. The zero-order valence-corrected chi connectivity index (χ0v) is 14.6. The summed E-state index contributed by atoms with van der Waals surface area (Å²) in [5.74, 6) is -0.223. The van der Waals surface area contributed by atoms with Crippen LogP contribution in [0.3, 0.4) is 0 Å². The van der Waals surface area contributed by atoms with E-state index in [2.05, 4.69) is 10.1 Å². The highest BCUT2D eigenvalue weighted by atomic mass is 19.4. The fourth-order valence-corrected chi connectivity index (χ4v) is 2.64. The molecule has 8 heteroatoms. The second-order valence-corrected chi connectivity index (χ2v) is 5.98. The molecule has 0 N–H and O–H groups in total. The number of hydrogen-bond donors (Lipinski definition) is 0. The van der Waals surface area contributed by atoms with Crippen LogP contribution in [-0.4, -0.2) is 20.7 Å². The standard InChI is InChI=1S/C19H16F3N3O2/c1-12-9-13(2)25(24-12)17-8-7-14(10-23-17)18(26)27-11-15-5-3-4-6-16(15)19(20,21)22/h3-10H,11H2,1-2H3. The Bertz CT molecular complexity index is 963. The first-order valence-electron chi connectivity index (χ1n) is 8.07. The lowest BCUT2D eigenvalue weighted by atomic mass is 10.1. The summed E-state index contributed by atoms with van der Waals surface area (Å²) < 4.78 is 45.6. The van der Waals surface area contributed by atoms with Crippen molar-refractivity contribution in [1.82, 2.24) is 14.8 Å². The van der Waals surface area contributed by atoms with Crippen molar-refractivity contribution < 1.29 is 22.7 Å². The maximum absolute atomic E-state index is 13.0. The molecule has 1 aromatic carbocycles. The lowest BCUT2D eigenvalue weighted by molar-refractivity contribution is -0.138. The molecule has 0 aliphatic heterocycles. The summed E-state index contributed by atoms with van der Waals surface area (Å²) in [5.41, 5.74) is 0.936. The van der Waals surface area contributed by atoms with Crippen LogP contribution >= 0.6 is 0 Å². The molecule has 0 radical (unpaired) electrons. The van der Waals surface area contributed by atoms with Crippen molar-refractivity contribution in [2.75, 3.05) is 0 Å². The highest BCUT2D eigenvalue weighted by Crippen LogP contribution is 2.32. The number of alkyl halides is 3. The van der Waals surface area contributed by atoms with Gasteiger partial charge in [0.1, 0.15) is 6.61 Å². The molecule has 0 spiro atoms. The predicted molar refractivity (Wildman–Crippen MR) is 91.4 cm³/mol. The minimum Gasteiger partial charge on any atom is -0.457 e. The van der Waals surface area contributed by atoms with Gasteiger partial charge in [-0.25, -0.2) is 14.5 Å². The minimum absolute atomic E-state index is 0.106. The first-order valence-corrected chi connectivity index (χ1v) is 8.07. The van der Waals surface area contributed by atoms with E-state index in [0.717, 1.165) is 17.5 Å². The zero-order chi connectivity index (χ0) is 19.6. The summed E-state index contributed by atoms with van der Waals surface area (Å²) >= 11 is 0. The van der Waals surface area contributed by atoms with Crippen LogP contribution in [0.2, 0.25) is 0 Å². The van der Waals surface area contributed by atoms with Gasteiger partial charge in [-0.05, 0) is 38.1 Å². The van der Waals surface area contributed by atoms with E-state index < -0.39 is 24.3 Å². The summed E-state index contributed by atoms with van der Waals surface area (Å²) in [4.78, 5) is 16.3. The Labute approximate surface area is 153 Å². The van der Waals surface area contributed by atoms with Gasteiger partial charge in [0.15, 0.2) is 5.82 Å². The Kier molecular flexibility index (Phi) is 4.98. The van der Waals surface area contributed by atoms with Gasteiger partial charge in [0.05, 0.1) is 16.8 Å². The topological polar surface area (TPSA) is 57.0 Å². The van der Waals surface area contributed by atoms with Crippen molar-refractivity contribution in [3.63, 3.8) is 0 Å². The quantitative estimate of drug-likeness (QED) is 0.640. The van der Waals surface area contributed by atoms with Crippen molar-refractivity contribution in [2.45, 2.75) is 26.6 Å². The van der Waals surface area contributed by atoms with Gasteiger partial charge in [0.25, 0.3) is 0 Å². The third-order valence-corrected chi connectivity index (χ3v) is 3.89. The van der Waals surface area contributed by atoms with Crippen LogP contribution < -0.4 is 0 Å². The molecule has 2 aromatic heterocycles. The van der Waals surface area contributed by atoms with Gasteiger partial charge in [0.2, 0.25) is 0 Å². The fourth-order valence-electron chi connectivity index (χ4n) is 2.64. The van der Waals surface area contributed by atoms with Crippen LogP contribution in [0, 0.1) is 13.8 Å². The Hall–Kier alpha value is -3.16. The first-order chi connectivity index (χ1) is 12.8. The van der Waals surface area contributed by atoms with Gasteiger partial charge in [-0.2, -0.15) is 18.3 Å². The fraction of sp³-hybridized carbons (Fsp3) is 0.211. The number of carbonyl (C=O) groups excluding carboxylic acids is 1. The van der Waals surface area contributed by atoms with E-state index in [4.69, 9.17) is 4.74 Å². The van der Waals surface area contributed by atoms with Gasteiger partial charge < -0.3 is 4.74 Å². The van der Waals surface area contributed by atoms with Crippen LogP contribution in [0.4, 0.5) is 13.2 Å². The largest absolute Gasteiger partial charge is 0.457 e. The lowest BCUT2D eigenvalue weighted by Crippen LogP contribution is -2.12. The van der Waals surface area contributed by atoms with Crippen LogP contribution in [0.15, 0.2) is 48.7 Å². The van der Waals surface area contributed by atoms with E-state index in [1.54, 1.807) is 10.7 Å². The molecule has 0 amide bonds. The smallest absolute Gasteiger partial charge is 0.416 e. The average Bonchev–Trinajstić information content (AvgIpc) is 2.97. The van der Waals surface area contributed by atoms with E-state index in [0.29, 0.717) is 5.82 Å². The number of carbonyl (C=O) groups is 1. The zero-order valence-electron chi connectivity index (χ0n) is 14.6. The monoisotopic (exact) mass is 375 g/mol. The molecule has 27 heavy (non-hydrogen) atoms. The van der Waals surface area contributed by atoms with Gasteiger partial charge >= 0.3 is 12.1 Å². The molecule has 0 bridgehead atoms. The summed E-state index contributed by atoms with van der Waals surface area (Å²) in [6.07, 6.45) is -3.20. The van der Waals surface area contributed by atoms with Gasteiger partial charge in [-0.1, -0.05) is 18.2 Å². The molecule has 0 saturated heterocycles. The number of pyridine rings is 1. The molecular weight excluding hydrogens is 359 g/mol. The number of nitrogens with zero attached hydrogens (tertiary/aromatic N) is 3. The molecule has 0 aliphatic carbocycles. The van der Waals surface area contributed by atoms with E-state index in [-0.39, 0.29) is 11.1 Å².